The summed E-state index contributed by atoms with van der Waals surface area (Å²) < 4.78 is 15.7. The van der Waals surface area contributed by atoms with E-state index in [4.69, 9.17) is 0 Å². The summed E-state index contributed by atoms with van der Waals surface area (Å²) in [4.78, 5) is 25.4. The monoisotopic (exact) mass is 349 g/mol. The van der Waals surface area contributed by atoms with Crippen molar-refractivity contribution in [2.45, 2.75) is 38.6 Å². The van der Waals surface area contributed by atoms with E-state index in [-0.39, 0.29) is 23.6 Å². The van der Waals surface area contributed by atoms with Gasteiger partial charge in [-0.05, 0) is 60.9 Å². The molecule has 0 radical (unpaired) electrons. The minimum absolute atomic E-state index is 0.0378. The number of rotatable bonds is 5. The van der Waals surface area contributed by atoms with Gasteiger partial charge in [-0.3, -0.25) is 9.59 Å². The number of nitrogens with zero attached hydrogens (tertiary/aromatic N) is 1. The number of Topliss-reactive ketones (excluding diaryl/α,β-unsaturated/α-hetero) is 1. The highest BCUT2D eigenvalue weighted by Gasteiger charge is 2.25. The SMILES string of the molecule is Cc1ccc(CCC(=O)c2cccc3c(=O)n(C4CC4)ccc23)c(F)c1. The molecule has 3 aromatic rings. The van der Waals surface area contributed by atoms with Gasteiger partial charge >= 0.3 is 0 Å². The summed E-state index contributed by atoms with van der Waals surface area (Å²) in [5.74, 6) is -0.345. The summed E-state index contributed by atoms with van der Waals surface area (Å²) in [6.45, 7) is 1.84. The predicted octanol–water partition coefficient (Wildman–Crippen LogP) is 4.60. The number of carbonyl (C=O) groups excluding carboxylic acids is 1. The fourth-order valence-electron chi connectivity index (χ4n) is 3.41. The zero-order valence-electron chi connectivity index (χ0n) is 14.7. The van der Waals surface area contributed by atoms with E-state index in [1.165, 1.54) is 6.07 Å². The third kappa shape index (κ3) is 3.07. The molecule has 4 heteroatoms. The molecule has 2 aromatic carbocycles. The van der Waals surface area contributed by atoms with Crippen molar-refractivity contribution in [3.63, 3.8) is 0 Å². The molecular weight excluding hydrogens is 329 g/mol. The van der Waals surface area contributed by atoms with Crippen LogP contribution in [0.1, 0.15) is 46.8 Å². The maximum atomic E-state index is 14.0. The number of benzene rings is 2. The van der Waals surface area contributed by atoms with Crippen molar-refractivity contribution in [2.24, 2.45) is 0 Å². The van der Waals surface area contributed by atoms with Crippen LogP contribution in [0, 0.1) is 12.7 Å². The molecule has 0 bridgehead atoms. The van der Waals surface area contributed by atoms with E-state index in [2.05, 4.69) is 0 Å². The normalized spacial score (nSPS) is 13.9. The van der Waals surface area contributed by atoms with Crippen molar-refractivity contribution in [2.75, 3.05) is 0 Å². The fourth-order valence-corrected chi connectivity index (χ4v) is 3.41. The van der Waals surface area contributed by atoms with Crippen LogP contribution < -0.4 is 5.56 Å². The number of fused-ring (bicyclic) bond motifs is 1. The van der Waals surface area contributed by atoms with Crippen molar-refractivity contribution in [3.05, 3.63) is 81.5 Å². The lowest BCUT2D eigenvalue weighted by atomic mass is 9.98. The molecule has 26 heavy (non-hydrogen) atoms. The standard InChI is InChI=1S/C22H20FNO2/c1-14-5-6-15(20(23)13-14)7-10-21(25)18-3-2-4-19-17(18)11-12-24(22(19)26)16-8-9-16/h2-6,11-13,16H,7-10H2,1H3. The first-order valence-electron chi connectivity index (χ1n) is 8.96. The molecule has 1 fully saturated rings. The van der Waals surface area contributed by atoms with Gasteiger partial charge in [0.05, 0.1) is 0 Å². The lowest BCUT2D eigenvalue weighted by Crippen LogP contribution is -2.19. The largest absolute Gasteiger partial charge is 0.312 e. The van der Waals surface area contributed by atoms with Crippen molar-refractivity contribution >= 4 is 16.6 Å². The van der Waals surface area contributed by atoms with Gasteiger partial charge in [-0.1, -0.05) is 24.3 Å². The van der Waals surface area contributed by atoms with E-state index < -0.39 is 0 Å². The second-order valence-corrected chi connectivity index (χ2v) is 7.04. The molecule has 0 saturated heterocycles. The van der Waals surface area contributed by atoms with Gasteiger partial charge in [0.2, 0.25) is 0 Å². The van der Waals surface area contributed by atoms with Gasteiger partial charge in [0, 0.05) is 29.6 Å². The molecule has 1 heterocycles. The molecule has 0 spiro atoms. The molecule has 132 valence electrons. The average Bonchev–Trinajstić information content (AvgIpc) is 3.46. The molecule has 1 aliphatic carbocycles. The molecule has 0 aliphatic heterocycles. The third-order valence-corrected chi connectivity index (χ3v) is 5.04. The topological polar surface area (TPSA) is 39.1 Å². The Kier molecular flexibility index (Phi) is 4.19. The lowest BCUT2D eigenvalue weighted by molar-refractivity contribution is 0.0984. The van der Waals surface area contributed by atoms with Crippen LogP contribution in [0.15, 0.2) is 53.5 Å². The zero-order valence-corrected chi connectivity index (χ0v) is 14.7. The first-order chi connectivity index (χ1) is 12.5. The number of hydrogen-bond donors (Lipinski definition) is 0. The smallest absolute Gasteiger partial charge is 0.258 e. The second-order valence-electron chi connectivity index (χ2n) is 7.04. The Bertz CT molecular complexity index is 1060. The Labute approximate surface area is 151 Å². The Hall–Kier alpha value is -2.75. The van der Waals surface area contributed by atoms with Gasteiger partial charge in [-0.2, -0.15) is 0 Å². The van der Waals surface area contributed by atoms with Crippen molar-refractivity contribution in [1.29, 1.82) is 0 Å². The minimum Gasteiger partial charge on any atom is -0.312 e. The maximum Gasteiger partial charge on any atom is 0.258 e. The van der Waals surface area contributed by atoms with E-state index >= 15 is 0 Å². The summed E-state index contributed by atoms with van der Waals surface area (Å²) in [5.41, 5.74) is 1.90. The van der Waals surface area contributed by atoms with Gasteiger partial charge in [0.15, 0.2) is 5.78 Å². The quantitative estimate of drug-likeness (QED) is 0.632. The van der Waals surface area contributed by atoms with Crippen LogP contribution in [-0.4, -0.2) is 10.4 Å². The minimum atomic E-state index is -0.275. The number of carbonyl (C=O) groups is 1. The van der Waals surface area contributed by atoms with Gasteiger partial charge in [0.1, 0.15) is 5.82 Å². The van der Waals surface area contributed by atoms with Gasteiger partial charge in [-0.25, -0.2) is 4.39 Å². The second kappa shape index (κ2) is 6.52. The number of halogens is 1. The van der Waals surface area contributed by atoms with E-state index in [9.17, 15) is 14.0 Å². The first kappa shape index (κ1) is 16.7. The van der Waals surface area contributed by atoms with Gasteiger partial charge < -0.3 is 4.57 Å². The predicted molar refractivity (Wildman–Crippen MR) is 100 cm³/mol. The van der Waals surface area contributed by atoms with E-state index in [1.54, 1.807) is 35.0 Å². The number of ketones is 1. The molecule has 0 unspecified atom stereocenters. The summed E-state index contributed by atoms with van der Waals surface area (Å²) in [6.07, 6.45) is 4.42. The lowest BCUT2D eigenvalue weighted by Gasteiger charge is -2.09. The molecule has 1 aromatic heterocycles. The zero-order chi connectivity index (χ0) is 18.3. The van der Waals surface area contributed by atoms with Crippen LogP contribution in [-0.2, 0) is 6.42 Å². The highest BCUT2D eigenvalue weighted by atomic mass is 19.1. The van der Waals surface area contributed by atoms with Crippen molar-refractivity contribution < 1.29 is 9.18 Å². The Balaban J connectivity index is 1.62. The molecule has 1 saturated carbocycles. The Morgan fingerprint density at radius 2 is 1.96 bits per heavy atom. The van der Waals surface area contributed by atoms with Gasteiger partial charge in [0.25, 0.3) is 5.56 Å². The maximum absolute atomic E-state index is 14.0. The van der Waals surface area contributed by atoms with E-state index in [1.807, 2.05) is 19.1 Å². The highest BCUT2D eigenvalue weighted by Crippen LogP contribution is 2.34. The number of pyridine rings is 1. The molecule has 0 N–H and O–H groups in total. The fraction of sp³-hybridized carbons (Fsp3) is 0.273. The number of hydrogen-bond acceptors (Lipinski definition) is 2. The Morgan fingerprint density at radius 1 is 1.15 bits per heavy atom. The number of aryl methyl sites for hydroxylation is 2. The first-order valence-corrected chi connectivity index (χ1v) is 8.96. The summed E-state index contributed by atoms with van der Waals surface area (Å²) in [6, 6.07) is 12.5. The van der Waals surface area contributed by atoms with Gasteiger partial charge in [-0.15, -0.1) is 0 Å². The molecular formula is C22H20FNO2. The molecule has 0 atom stereocenters. The molecule has 4 rings (SSSR count). The highest BCUT2D eigenvalue weighted by molar-refractivity contribution is 6.07. The molecule has 1 aliphatic rings. The summed E-state index contributed by atoms with van der Waals surface area (Å²) in [7, 11) is 0. The molecule has 0 amide bonds. The summed E-state index contributed by atoms with van der Waals surface area (Å²) >= 11 is 0. The van der Waals surface area contributed by atoms with Crippen LogP contribution in [0.2, 0.25) is 0 Å². The molecule has 3 nitrogen and oxygen atoms in total. The van der Waals surface area contributed by atoms with Crippen LogP contribution in [0.4, 0.5) is 4.39 Å². The number of aromatic nitrogens is 1. The Morgan fingerprint density at radius 3 is 2.69 bits per heavy atom. The van der Waals surface area contributed by atoms with Crippen LogP contribution in [0.25, 0.3) is 10.8 Å². The average molecular weight is 349 g/mol. The summed E-state index contributed by atoms with van der Waals surface area (Å²) in [5, 5.41) is 1.26. The van der Waals surface area contributed by atoms with E-state index in [0.29, 0.717) is 34.4 Å². The van der Waals surface area contributed by atoms with Crippen LogP contribution in [0.5, 0.6) is 0 Å². The van der Waals surface area contributed by atoms with Crippen molar-refractivity contribution in [3.8, 4) is 0 Å². The third-order valence-electron chi connectivity index (χ3n) is 5.04. The van der Waals surface area contributed by atoms with Crippen molar-refractivity contribution in [1.82, 2.24) is 4.57 Å². The van der Waals surface area contributed by atoms with Crippen LogP contribution >= 0.6 is 0 Å². The van der Waals surface area contributed by atoms with E-state index in [0.717, 1.165) is 18.4 Å². The van der Waals surface area contributed by atoms with Crippen LogP contribution in [0.3, 0.4) is 0 Å².